The Kier molecular flexibility index (Phi) is 5.74. The number of rotatable bonds is 6. The number of nitro groups is 1. The molecular formula is C17H26N2O2. The highest BCUT2D eigenvalue weighted by Gasteiger charge is 2.29. The Morgan fingerprint density at radius 2 is 2.10 bits per heavy atom. The van der Waals surface area contributed by atoms with E-state index in [9.17, 15) is 10.1 Å². The standard InChI is InChI=1S/C17H26N2O2/c1-3-10-18-16-9-8-13(2)11-15(16)12-14-6-4-5-7-17(14)19(20)21/h4-7,13,15-16,18H,3,8-12H2,1-2H3. The van der Waals surface area contributed by atoms with Crippen LogP contribution < -0.4 is 5.32 Å². The average molecular weight is 290 g/mol. The highest BCUT2D eigenvalue weighted by molar-refractivity contribution is 5.40. The van der Waals surface area contributed by atoms with E-state index in [1.807, 2.05) is 12.1 Å². The summed E-state index contributed by atoms with van der Waals surface area (Å²) in [5.74, 6) is 1.22. The third kappa shape index (κ3) is 4.27. The molecule has 0 spiro atoms. The minimum absolute atomic E-state index is 0.254. The van der Waals surface area contributed by atoms with Crippen LogP contribution >= 0.6 is 0 Å². The zero-order chi connectivity index (χ0) is 15.2. The molecule has 4 heteroatoms. The summed E-state index contributed by atoms with van der Waals surface area (Å²) < 4.78 is 0. The number of nitrogens with one attached hydrogen (secondary N) is 1. The van der Waals surface area contributed by atoms with Crippen molar-refractivity contribution in [2.75, 3.05) is 6.54 Å². The van der Waals surface area contributed by atoms with E-state index in [2.05, 4.69) is 19.2 Å². The molecule has 1 aromatic rings. The molecule has 1 aromatic carbocycles. The average Bonchev–Trinajstić information content (AvgIpc) is 2.47. The smallest absolute Gasteiger partial charge is 0.272 e. The maximum atomic E-state index is 11.2. The molecule has 0 saturated heterocycles. The fourth-order valence-electron chi connectivity index (χ4n) is 3.47. The molecular weight excluding hydrogens is 264 g/mol. The van der Waals surface area contributed by atoms with E-state index in [1.54, 1.807) is 12.1 Å². The summed E-state index contributed by atoms with van der Waals surface area (Å²) in [6, 6.07) is 7.69. The van der Waals surface area contributed by atoms with Gasteiger partial charge < -0.3 is 5.32 Å². The Morgan fingerprint density at radius 3 is 2.81 bits per heavy atom. The zero-order valence-electron chi connectivity index (χ0n) is 13.0. The topological polar surface area (TPSA) is 55.2 Å². The molecule has 3 atom stereocenters. The van der Waals surface area contributed by atoms with Crippen LogP contribution in [0.2, 0.25) is 0 Å². The molecule has 0 bridgehead atoms. The van der Waals surface area contributed by atoms with Crippen molar-refractivity contribution in [2.24, 2.45) is 11.8 Å². The minimum Gasteiger partial charge on any atom is -0.314 e. The predicted molar refractivity (Wildman–Crippen MR) is 85.4 cm³/mol. The molecule has 1 aliphatic carbocycles. The normalized spacial score (nSPS) is 25.7. The molecule has 1 fully saturated rings. The lowest BCUT2D eigenvalue weighted by Crippen LogP contribution is -2.41. The molecule has 0 aromatic heterocycles. The summed E-state index contributed by atoms with van der Waals surface area (Å²) in [5, 5.41) is 14.8. The maximum absolute atomic E-state index is 11.2. The van der Waals surface area contributed by atoms with Crippen molar-refractivity contribution in [1.29, 1.82) is 0 Å². The largest absolute Gasteiger partial charge is 0.314 e. The quantitative estimate of drug-likeness (QED) is 0.637. The van der Waals surface area contributed by atoms with Crippen LogP contribution in [-0.4, -0.2) is 17.5 Å². The monoisotopic (exact) mass is 290 g/mol. The van der Waals surface area contributed by atoms with Crippen LogP contribution in [0.5, 0.6) is 0 Å². The van der Waals surface area contributed by atoms with Gasteiger partial charge in [-0.2, -0.15) is 0 Å². The molecule has 0 radical (unpaired) electrons. The van der Waals surface area contributed by atoms with Gasteiger partial charge in [0.25, 0.3) is 5.69 Å². The summed E-state index contributed by atoms with van der Waals surface area (Å²) >= 11 is 0. The van der Waals surface area contributed by atoms with Crippen LogP contribution in [0.15, 0.2) is 24.3 Å². The first kappa shape index (κ1) is 16.0. The van der Waals surface area contributed by atoms with Crippen LogP contribution in [0, 0.1) is 22.0 Å². The van der Waals surface area contributed by atoms with Gasteiger partial charge in [-0.3, -0.25) is 10.1 Å². The summed E-state index contributed by atoms with van der Waals surface area (Å²) in [7, 11) is 0. The van der Waals surface area contributed by atoms with Crippen molar-refractivity contribution in [1.82, 2.24) is 5.32 Å². The van der Waals surface area contributed by atoms with Crippen LogP contribution in [0.25, 0.3) is 0 Å². The van der Waals surface area contributed by atoms with E-state index in [0.29, 0.717) is 12.0 Å². The Labute approximate surface area is 127 Å². The number of benzene rings is 1. The van der Waals surface area contributed by atoms with Gasteiger partial charge in [-0.1, -0.05) is 32.0 Å². The zero-order valence-corrected chi connectivity index (χ0v) is 13.0. The van der Waals surface area contributed by atoms with Crippen LogP contribution in [0.1, 0.15) is 45.1 Å². The highest BCUT2D eigenvalue weighted by Crippen LogP contribution is 2.33. The minimum atomic E-state index is -0.254. The van der Waals surface area contributed by atoms with E-state index < -0.39 is 0 Å². The third-order valence-corrected chi connectivity index (χ3v) is 4.57. The Bertz CT molecular complexity index is 474. The van der Waals surface area contributed by atoms with Crippen molar-refractivity contribution in [3.63, 3.8) is 0 Å². The van der Waals surface area contributed by atoms with Crippen molar-refractivity contribution >= 4 is 5.69 Å². The van der Waals surface area contributed by atoms with E-state index >= 15 is 0 Å². The van der Waals surface area contributed by atoms with Crippen LogP contribution in [-0.2, 0) is 6.42 Å². The van der Waals surface area contributed by atoms with E-state index in [0.717, 1.165) is 37.3 Å². The number of para-hydroxylation sites is 1. The van der Waals surface area contributed by atoms with Gasteiger partial charge in [-0.15, -0.1) is 0 Å². The first-order chi connectivity index (χ1) is 10.1. The van der Waals surface area contributed by atoms with Crippen molar-refractivity contribution in [3.8, 4) is 0 Å². The lowest BCUT2D eigenvalue weighted by Gasteiger charge is -2.35. The molecule has 116 valence electrons. The second-order valence-electron chi connectivity index (χ2n) is 6.33. The van der Waals surface area contributed by atoms with E-state index in [-0.39, 0.29) is 10.6 Å². The summed E-state index contributed by atoms with van der Waals surface area (Å²) in [6.07, 6.45) is 5.54. The number of nitro benzene ring substituents is 1. The van der Waals surface area contributed by atoms with Gasteiger partial charge in [0.2, 0.25) is 0 Å². The molecule has 21 heavy (non-hydrogen) atoms. The predicted octanol–water partition coefficient (Wildman–Crippen LogP) is 3.94. The third-order valence-electron chi connectivity index (χ3n) is 4.57. The SMILES string of the molecule is CCCNC1CCC(C)CC1Cc1ccccc1[N+](=O)[O-]. The molecule has 4 nitrogen and oxygen atoms in total. The van der Waals surface area contributed by atoms with Crippen LogP contribution in [0.3, 0.4) is 0 Å². The number of hydrogen-bond acceptors (Lipinski definition) is 3. The first-order valence-corrected chi connectivity index (χ1v) is 8.07. The highest BCUT2D eigenvalue weighted by atomic mass is 16.6. The summed E-state index contributed by atoms with van der Waals surface area (Å²) in [4.78, 5) is 10.9. The first-order valence-electron chi connectivity index (χ1n) is 8.07. The van der Waals surface area contributed by atoms with Gasteiger partial charge in [0.05, 0.1) is 4.92 Å². The Morgan fingerprint density at radius 1 is 1.33 bits per heavy atom. The molecule has 0 amide bonds. The summed E-state index contributed by atoms with van der Waals surface area (Å²) in [6.45, 7) is 5.50. The lowest BCUT2D eigenvalue weighted by molar-refractivity contribution is -0.385. The molecule has 3 unspecified atom stereocenters. The van der Waals surface area contributed by atoms with Gasteiger partial charge >= 0.3 is 0 Å². The van der Waals surface area contributed by atoms with E-state index in [4.69, 9.17) is 0 Å². The number of nitrogens with zero attached hydrogens (tertiary/aromatic N) is 1. The molecule has 1 aliphatic rings. The van der Waals surface area contributed by atoms with Gasteiger partial charge in [-0.05, 0) is 50.5 Å². The molecule has 2 rings (SSSR count). The fourth-order valence-corrected chi connectivity index (χ4v) is 3.47. The lowest BCUT2D eigenvalue weighted by atomic mass is 9.76. The van der Waals surface area contributed by atoms with E-state index in [1.165, 1.54) is 12.8 Å². The fraction of sp³-hybridized carbons (Fsp3) is 0.647. The summed E-state index contributed by atoms with van der Waals surface area (Å²) in [5.41, 5.74) is 1.15. The van der Waals surface area contributed by atoms with Gasteiger partial charge in [0.1, 0.15) is 0 Å². The molecule has 0 heterocycles. The van der Waals surface area contributed by atoms with Crippen molar-refractivity contribution < 1.29 is 4.92 Å². The molecule has 1 N–H and O–H groups in total. The van der Waals surface area contributed by atoms with Crippen LogP contribution in [0.4, 0.5) is 5.69 Å². The molecule has 0 aliphatic heterocycles. The van der Waals surface area contributed by atoms with Gasteiger partial charge in [-0.25, -0.2) is 0 Å². The second kappa shape index (κ2) is 7.55. The Balaban J connectivity index is 2.12. The van der Waals surface area contributed by atoms with Crippen molar-refractivity contribution in [2.45, 2.75) is 52.0 Å². The van der Waals surface area contributed by atoms with Gasteiger partial charge in [0.15, 0.2) is 0 Å². The Hall–Kier alpha value is -1.42. The van der Waals surface area contributed by atoms with Crippen molar-refractivity contribution in [3.05, 3.63) is 39.9 Å². The second-order valence-corrected chi connectivity index (χ2v) is 6.33. The maximum Gasteiger partial charge on any atom is 0.272 e. The molecule has 1 saturated carbocycles. The number of hydrogen-bond donors (Lipinski definition) is 1. The van der Waals surface area contributed by atoms with Gasteiger partial charge in [0, 0.05) is 17.7 Å².